The second-order valence-corrected chi connectivity index (χ2v) is 15.6. The van der Waals surface area contributed by atoms with E-state index in [-0.39, 0.29) is 23.9 Å². The Hall–Kier alpha value is -3.18. The minimum absolute atomic E-state index is 0.00212. The number of imide groups is 1. The second kappa shape index (κ2) is 11.4. The lowest BCUT2D eigenvalue weighted by molar-refractivity contribution is -0.137. The summed E-state index contributed by atoms with van der Waals surface area (Å²) in [5, 5.41) is 3.48. The van der Waals surface area contributed by atoms with Gasteiger partial charge in [-0.2, -0.15) is 0 Å². The standard InChI is InChI=1S/C35H42N2O2Si/c1-2-35(28-18-8-3-9-19-28)33(38)36(29-20-10-4-11-21-29)34(39)37(35)40(30-22-12-5-13-23-30,31-24-14-6-15-25-31)32-26-16-7-17-27-32/h5-7,12-17,22-29H,2-4,8-11,18-21H2,1H3. The second-order valence-electron chi connectivity index (χ2n) is 12.0. The zero-order chi connectivity index (χ0) is 27.6. The summed E-state index contributed by atoms with van der Waals surface area (Å²) in [6, 6.07) is 31.9. The van der Waals surface area contributed by atoms with Gasteiger partial charge in [-0.25, -0.2) is 4.79 Å². The smallest absolute Gasteiger partial charge is 0.320 e. The van der Waals surface area contributed by atoms with Gasteiger partial charge < -0.3 is 4.57 Å². The van der Waals surface area contributed by atoms with Gasteiger partial charge in [0.05, 0.1) is 0 Å². The Labute approximate surface area is 240 Å². The van der Waals surface area contributed by atoms with Crippen molar-refractivity contribution in [2.75, 3.05) is 0 Å². The summed E-state index contributed by atoms with van der Waals surface area (Å²) in [4.78, 5) is 32.1. The lowest BCUT2D eigenvalue weighted by Gasteiger charge is -2.51. The van der Waals surface area contributed by atoms with Crippen molar-refractivity contribution in [1.82, 2.24) is 9.47 Å². The molecule has 2 saturated carbocycles. The van der Waals surface area contributed by atoms with Crippen LogP contribution in [0, 0.1) is 5.92 Å². The van der Waals surface area contributed by atoms with Crippen LogP contribution in [0.5, 0.6) is 0 Å². The van der Waals surface area contributed by atoms with Crippen LogP contribution in [-0.2, 0) is 4.79 Å². The van der Waals surface area contributed by atoms with Crippen molar-refractivity contribution in [2.45, 2.75) is 89.1 Å². The molecule has 1 heterocycles. The van der Waals surface area contributed by atoms with Gasteiger partial charge >= 0.3 is 6.03 Å². The molecular formula is C35H42N2O2Si. The van der Waals surface area contributed by atoms with E-state index < -0.39 is 13.8 Å². The number of hydrogen-bond donors (Lipinski definition) is 0. The van der Waals surface area contributed by atoms with Crippen molar-refractivity contribution in [3.05, 3.63) is 91.0 Å². The Morgan fingerprint density at radius 3 is 1.50 bits per heavy atom. The van der Waals surface area contributed by atoms with Crippen molar-refractivity contribution in [3.63, 3.8) is 0 Å². The van der Waals surface area contributed by atoms with Crippen molar-refractivity contribution in [2.24, 2.45) is 5.92 Å². The fourth-order valence-corrected chi connectivity index (χ4v) is 13.5. The molecule has 0 spiro atoms. The van der Waals surface area contributed by atoms with Gasteiger partial charge in [0.15, 0.2) is 0 Å². The summed E-state index contributed by atoms with van der Waals surface area (Å²) in [5.41, 5.74) is -0.845. The Balaban J connectivity index is 1.69. The molecule has 1 atom stereocenters. The lowest BCUT2D eigenvalue weighted by Crippen LogP contribution is -2.82. The van der Waals surface area contributed by atoms with Gasteiger partial charge in [-0.1, -0.05) is 136 Å². The largest absolute Gasteiger partial charge is 0.324 e. The first-order valence-electron chi connectivity index (χ1n) is 15.5. The summed E-state index contributed by atoms with van der Waals surface area (Å²) in [6.07, 6.45) is 11.3. The first-order valence-corrected chi connectivity index (χ1v) is 17.4. The first kappa shape index (κ1) is 27.0. The monoisotopic (exact) mass is 550 g/mol. The molecule has 3 aromatic rings. The molecule has 208 valence electrons. The highest BCUT2D eigenvalue weighted by Gasteiger charge is 2.68. The minimum Gasteiger partial charge on any atom is -0.324 e. The van der Waals surface area contributed by atoms with E-state index in [0.29, 0.717) is 6.42 Å². The van der Waals surface area contributed by atoms with E-state index in [4.69, 9.17) is 0 Å². The Bertz CT molecular complexity index is 1210. The fourth-order valence-electron chi connectivity index (χ4n) is 8.23. The molecule has 1 saturated heterocycles. The van der Waals surface area contributed by atoms with Crippen LogP contribution in [0.3, 0.4) is 0 Å². The number of benzene rings is 3. The summed E-state index contributed by atoms with van der Waals surface area (Å²) in [5.74, 6) is 0.248. The van der Waals surface area contributed by atoms with E-state index in [2.05, 4.69) is 102 Å². The minimum atomic E-state index is -3.22. The molecule has 2 aliphatic carbocycles. The van der Waals surface area contributed by atoms with Crippen LogP contribution in [-0.4, -0.2) is 41.2 Å². The van der Waals surface area contributed by atoms with Crippen LogP contribution in [0.2, 0.25) is 0 Å². The van der Waals surface area contributed by atoms with Gasteiger partial charge in [0.25, 0.3) is 14.1 Å². The number of carbonyl (C=O) groups excluding carboxylic acids is 2. The van der Waals surface area contributed by atoms with Gasteiger partial charge in [-0.3, -0.25) is 9.69 Å². The first-order chi connectivity index (χ1) is 19.7. The number of amides is 3. The number of nitrogens with zero attached hydrogens (tertiary/aromatic N) is 2. The third kappa shape index (κ3) is 4.16. The van der Waals surface area contributed by atoms with Crippen LogP contribution < -0.4 is 15.6 Å². The Kier molecular flexibility index (Phi) is 7.67. The predicted molar refractivity (Wildman–Crippen MR) is 165 cm³/mol. The third-order valence-corrected chi connectivity index (χ3v) is 14.8. The zero-order valence-electron chi connectivity index (χ0n) is 23.8. The molecular weight excluding hydrogens is 508 g/mol. The molecule has 0 radical (unpaired) electrons. The van der Waals surface area contributed by atoms with Crippen LogP contribution in [0.25, 0.3) is 0 Å². The van der Waals surface area contributed by atoms with Crippen LogP contribution in [0.4, 0.5) is 4.79 Å². The average Bonchev–Trinajstić information content (AvgIpc) is 3.26. The van der Waals surface area contributed by atoms with Gasteiger partial charge in [-0.05, 0) is 53.6 Å². The summed E-state index contributed by atoms with van der Waals surface area (Å²) < 4.78 is 2.24. The van der Waals surface area contributed by atoms with Crippen molar-refractivity contribution < 1.29 is 9.59 Å². The van der Waals surface area contributed by atoms with E-state index in [9.17, 15) is 0 Å². The molecule has 3 aliphatic rings. The number of carbonyl (C=O) groups is 2. The topological polar surface area (TPSA) is 40.6 Å². The van der Waals surface area contributed by atoms with E-state index in [1.54, 1.807) is 4.90 Å². The van der Waals surface area contributed by atoms with E-state index in [1.165, 1.54) is 12.8 Å². The molecule has 4 nitrogen and oxygen atoms in total. The normalized spacial score (nSPS) is 23.1. The van der Waals surface area contributed by atoms with Crippen LogP contribution in [0.15, 0.2) is 91.0 Å². The van der Waals surface area contributed by atoms with Gasteiger partial charge in [-0.15, -0.1) is 0 Å². The number of urea groups is 1. The molecule has 3 fully saturated rings. The van der Waals surface area contributed by atoms with Gasteiger partial charge in [0.2, 0.25) is 0 Å². The average molecular weight is 551 g/mol. The van der Waals surface area contributed by atoms with Gasteiger partial charge in [0.1, 0.15) is 5.54 Å². The van der Waals surface area contributed by atoms with E-state index >= 15 is 9.59 Å². The molecule has 6 rings (SSSR count). The Morgan fingerprint density at radius 1 is 0.650 bits per heavy atom. The lowest BCUT2D eigenvalue weighted by atomic mass is 9.73. The summed E-state index contributed by atoms with van der Waals surface area (Å²) in [7, 11) is -3.22. The molecule has 1 aliphatic heterocycles. The summed E-state index contributed by atoms with van der Waals surface area (Å²) in [6.45, 7) is 2.16. The maximum atomic E-state index is 15.3. The summed E-state index contributed by atoms with van der Waals surface area (Å²) >= 11 is 0. The molecule has 3 aromatic carbocycles. The molecule has 3 amide bonds. The third-order valence-electron chi connectivity index (χ3n) is 10.1. The van der Waals surface area contributed by atoms with Crippen LogP contribution >= 0.6 is 0 Å². The van der Waals surface area contributed by atoms with Gasteiger partial charge in [0, 0.05) is 6.04 Å². The van der Waals surface area contributed by atoms with E-state index in [0.717, 1.165) is 66.9 Å². The fraction of sp³-hybridized carbons (Fsp3) is 0.429. The molecule has 0 bridgehead atoms. The maximum absolute atomic E-state index is 15.3. The van der Waals surface area contributed by atoms with Crippen LogP contribution in [0.1, 0.15) is 77.6 Å². The SMILES string of the molecule is CCC1(C2CCCCC2)C(=O)N(C2CCCCC2)C(=O)N1[Si](c1ccccc1)(c1ccccc1)c1ccccc1. The predicted octanol–water partition coefficient (Wildman–Crippen LogP) is 5.98. The molecule has 40 heavy (non-hydrogen) atoms. The molecule has 1 unspecified atom stereocenters. The molecule has 0 N–H and O–H groups in total. The highest BCUT2D eigenvalue weighted by Crippen LogP contribution is 2.47. The highest BCUT2D eigenvalue weighted by molar-refractivity contribution is 7.10. The number of rotatable bonds is 7. The maximum Gasteiger partial charge on any atom is 0.320 e. The molecule has 0 aromatic heterocycles. The van der Waals surface area contributed by atoms with E-state index in [1.807, 2.05) is 0 Å². The van der Waals surface area contributed by atoms with Crippen molar-refractivity contribution in [1.29, 1.82) is 0 Å². The highest BCUT2D eigenvalue weighted by atomic mass is 28.3. The van der Waals surface area contributed by atoms with Crippen molar-refractivity contribution in [3.8, 4) is 0 Å². The molecule has 5 heteroatoms. The Morgan fingerprint density at radius 2 is 1.07 bits per heavy atom. The quantitative estimate of drug-likeness (QED) is 0.206. The van der Waals surface area contributed by atoms with Crippen molar-refractivity contribution >= 4 is 35.7 Å². The number of hydrogen-bond acceptors (Lipinski definition) is 2. The zero-order valence-corrected chi connectivity index (χ0v) is 24.8.